The van der Waals surface area contributed by atoms with Crippen LogP contribution < -0.4 is 11.1 Å². The molecule has 8 nitrogen and oxygen atoms in total. The number of aromatic carboxylic acids is 1. The molecule has 1 aliphatic carbocycles. The number of amides is 2. The minimum Gasteiger partial charge on any atom is -0.477 e. The maximum atomic E-state index is 13.7. The minimum absolute atomic E-state index is 0.0660. The topological polar surface area (TPSA) is 129 Å². The van der Waals surface area contributed by atoms with Crippen molar-refractivity contribution in [1.82, 2.24) is 9.88 Å². The predicted octanol–water partition coefficient (Wildman–Crippen LogP) is 3.95. The van der Waals surface area contributed by atoms with E-state index in [9.17, 15) is 19.5 Å². The molecule has 2 aromatic carbocycles. The average Bonchev–Trinajstić information content (AvgIpc) is 3.54. The van der Waals surface area contributed by atoms with E-state index in [0.717, 1.165) is 37.7 Å². The van der Waals surface area contributed by atoms with Crippen LogP contribution in [0.1, 0.15) is 54.1 Å². The van der Waals surface area contributed by atoms with E-state index in [2.05, 4.69) is 10.3 Å². The van der Waals surface area contributed by atoms with Gasteiger partial charge in [0.2, 0.25) is 11.8 Å². The van der Waals surface area contributed by atoms with Gasteiger partial charge in [0, 0.05) is 35.0 Å². The molecule has 5 N–H and O–H groups in total. The third-order valence-corrected chi connectivity index (χ3v) is 7.83. The molecule has 1 saturated carbocycles. The molecule has 0 radical (unpaired) electrons. The Bertz CT molecular complexity index is 1260. The van der Waals surface area contributed by atoms with Crippen molar-refractivity contribution in [3.63, 3.8) is 0 Å². The summed E-state index contributed by atoms with van der Waals surface area (Å²) >= 11 is 0. The zero-order valence-electron chi connectivity index (χ0n) is 20.2. The Morgan fingerprint density at radius 3 is 2.44 bits per heavy atom. The lowest BCUT2D eigenvalue weighted by molar-refractivity contribution is -0.141. The number of nitrogens with zero attached hydrogens (tertiary/aromatic N) is 1. The van der Waals surface area contributed by atoms with Crippen LogP contribution in [0.2, 0.25) is 0 Å². The van der Waals surface area contributed by atoms with Crippen molar-refractivity contribution in [2.75, 3.05) is 18.4 Å². The molecule has 2 heterocycles. The first kappa shape index (κ1) is 24.1. The van der Waals surface area contributed by atoms with Crippen LogP contribution >= 0.6 is 0 Å². The van der Waals surface area contributed by atoms with Gasteiger partial charge in [0.15, 0.2) is 0 Å². The number of aromatic amines is 1. The van der Waals surface area contributed by atoms with Crippen LogP contribution in [-0.4, -0.2) is 51.9 Å². The smallest absolute Gasteiger partial charge is 0.352 e. The molecule has 36 heavy (non-hydrogen) atoms. The molecule has 1 aliphatic heterocycles. The van der Waals surface area contributed by atoms with Gasteiger partial charge in [0.05, 0.1) is 0 Å². The molecule has 2 atom stereocenters. The van der Waals surface area contributed by atoms with Gasteiger partial charge in [-0.05, 0) is 74.4 Å². The standard InChI is InChI=1S/C28H32N4O4/c29-16-17-6-8-19(9-7-17)27(34)32-13-12-22(18-4-2-1-3-5-18)25(32)26(33)30-21-10-11-23-20(14-21)15-24(31-23)28(35)36/h1-5,10-11,14-15,17,19,22,25,31H,6-9,12-13,16,29H2,(H,30,33)(H,35,36)/t17?,19?,22-,25?/m0/s1. The zero-order valence-corrected chi connectivity index (χ0v) is 20.2. The molecule has 0 bridgehead atoms. The minimum atomic E-state index is -1.04. The summed E-state index contributed by atoms with van der Waals surface area (Å²) in [7, 11) is 0. The van der Waals surface area contributed by atoms with Gasteiger partial charge in [-0.25, -0.2) is 4.79 Å². The molecule has 0 spiro atoms. The Hall–Kier alpha value is -3.65. The number of nitrogens with two attached hydrogens (primary N) is 1. The van der Waals surface area contributed by atoms with Crippen molar-refractivity contribution in [2.24, 2.45) is 17.6 Å². The van der Waals surface area contributed by atoms with Crippen LogP contribution in [-0.2, 0) is 9.59 Å². The molecule has 1 aromatic heterocycles. The van der Waals surface area contributed by atoms with Gasteiger partial charge >= 0.3 is 5.97 Å². The largest absolute Gasteiger partial charge is 0.477 e. The van der Waals surface area contributed by atoms with E-state index >= 15 is 0 Å². The van der Waals surface area contributed by atoms with Crippen LogP contribution in [0.4, 0.5) is 5.69 Å². The van der Waals surface area contributed by atoms with Gasteiger partial charge in [-0.3, -0.25) is 9.59 Å². The van der Waals surface area contributed by atoms with Gasteiger partial charge in [-0.2, -0.15) is 0 Å². The van der Waals surface area contributed by atoms with Crippen molar-refractivity contribution in [2.45, 2.75) is 44.1 Å². The van der Waals surface area contributed by atoms with E-state index < -0.39 is 12.0 Å². The van der Waals surface area contributed by atoms with E-state index in [4.69, 9.17) is 5.73 Å². The molecule has 1 saturated heterocycles. The van der Waals surface area contributed by atoms with Crippen molar-refractivity contribution >= 4 is 34.4 Å². The van der Waals surface area contributed by atoms with Crippen LogP contribution in [0, 0.1) is 11.8 Å². The van der Waals surface area contributed by atoms with Crippen LogP contribution in [0.25, 0.3) is 10.9 Å². The van der Waals surface area contributed by atoms with Crippen molar-refractivity contribution in [3.8, 4) is 0 Å². The molecule has 188 valence electrons. The normalized spacial score (nSPS) is 24.1. The number of H-pyrrole nitrogens is 1. The fourth-order valence-electron chi connectivity index (χ4n) is 5.83. The van der Waals surface area contributed by atoms with Crippen LogP contribution in [0.3, 0.4) is 0 Å². The first-order chi connectivity index (χ1) is 17.4. The molecular formula is C28H32N4O4. The van der Waals surface area contributed by atoms with Gasteiger partial charge in [-0.1, -0.05) is 30.3 Å². The SMILES string of the molecule is NCC1CCC(C(=O)N2CC[C@@H](c3ccccc3)C2C(=O)Nc2ccc3[nH]c(C(=O)O)cc3c2)CC1. The van der Waals surface area contributed by atoms with E-state index in [0.29, 0.717) is 35.6 Å². The summed E-state index contributed by atoms with van der Waals surface area (Å²) < 4.78 is 0. The second-order valence-electron chi connectivity index (χ2n) is 10.0. The number of likely N-dealkylation sites (tertiary alicyclic amines) is 1. The van der Waals surface area contributed by atoms with E-state index in [1.807, 2.05) is 30.3 Å². The van der Waals surface area contributed by atoms with Crippen molar-refractivity contribution in [3.05, 3.63) is 65.9 Å². The fraction of sp³-hybridized carbons (Fsp3) is 0.393. The fourth-order valence-corrected chi connectivity index (χ4v) is 5.83. The second kappa shape index (κ2) is 10.1. The molecule has 5 rings (SSSR count). The number of hydrogen-bond acceptors (Lipinski definition) is 4. The number of fused-ring (bicyclic) bond motifs is 1. The molecule has 2 amide bonds. The molecular weight excluding hydrogens is 456 g/mol. The highest BCUT2D eigenvalue weighted by Gasteiger charge is 2.44. The van der Waals surface area contributed by atoms with Crippen molar-refractivity contribution in [1.29, 1.82) is 0 Å². The quantitative estimate of drug-likeness (QED) is 0.418. The number of aromatic nitrogens is 1. The summed E-state index contributed by atoms with van der Waals surface area (Å²) in [4.78, 5) is 43.3. The number of hydrogen-bond donors (Lipinski definition) is 4. The number of carboxylic acid groups (broad SMARTS) is 1. The molecule has 2 aliphatic rings. The Balaban J connectivity index is 1.39. The first-order valence-corrected chi connectivity index (χ1v) is 12.7. The summed E-state index contributed by atoms with van der Waals surface area (Å²) in [6.45, 7) is 1.21. The Kier molecular flexibility index (Phi) is 6.78. The number of carbonyl (C=O) groups is 3. The average molecular weight is 489 g/mol. The highest BCUT2D eigenvalue weighted by Crippen LogP contribution is 2.38. The van der Waals surface area contributed by atoms with E-state index in [1.54, 1.807) is 29.2 Å². The lowest BCUT2D eigenvalue weighted by Crippen LogP contribution is -2.48. The molecule has 2 fully saturated rings. The zero-order chi connectivity index (χ0) is 25.2. The molecule has 8 heteroatoms. The van der Waals surface area contributed by atoms with Gasteiger partial charge in [0.25, 0.3) is 0 Å². The third-order valence-electron chi connectivity index (χ3n) is 7.83. The second-order valence-corrected chi connectivity index (χ2v) is 10.0. The monoisotopic (exact) mass is 488 g/mol. The van der Waals surface area contributed by atoms with Crippen molar-refractivity contribution < 1.29 is 19.5 Å². The summed E-state index contributed by atoms with van der Waals surface area (Å²) in [6, 6.07) is 16.1. The Labute approximate surface area is 209 Å². The highest BCUT2D eigenvalue weighted by atomic mass is 16.4. The summed E-state index contributed by atoms with van der Waals surface area (Å²) in [6.07, 6.45) is 4.27. The molecule has 1 unspecified atom stereocenters. The van der Waals surface area contributed by atoms with Crippen LogP contribution in [0.5, 0.6) is 0 Å². The summed E-state index contributed by atoms with van der Waals surface area (Å²) in [5.41, 5.74) is 8.22. The highest BCUT2D eigenvalue weighted by molar-refractivity contribution is 6.01. The van der Waals surface area contributed by atoms with Gasteiger partial charge < -0.3 is 26.0 Å². The lowest BCUT2D eigenvalue weighted by atomic mass is 9.81. The van der Waals surface area contributed by atoms with Gasteiger partial charge in [0.1, 0.15) is 11.7 Å². The summed E-state index contributed by atoms with van der Waals surface area (Å²) in [5.74, 6) is -0.875. The maximum absolute atomic E-state index is 13.7. The van der Waals surface area contributed by atoms with E-state index in [1.165, 1.54) is 0 Å². The number of nitrogens with one attached hydrogen (secondary N) is 2. The van der Waals surface area contributed by atoms with Crippen LogP contribution in [0.15, 0.2) is 54.6 Å². The third kappa shape index (κ3) is 4.73. The molecule has 3 aromatic rings. The number of carboxylic acids is 1. The number of carbonyl (C=O) groups excluding carboxylic acids is 2. The number of rotatable bonds is 6. The summed E-state index contributed by atoms with van der Waals surface area (Å²) in [5, 5.41) is 13.0. The Morgan fingerprint density at radius 2 is 1.75 bits per heavy atom. The van der Waals surface area contributed by atoms with Gasteiger partial charge in [-0.15, -0.1) is 0 Å². The predicted molar refractivity (Wildman–Crippen MR) is 138 cm³/mol. The number of anilines is 1. The maximum Gasteiger partial charge on any atom is 0.352 e. The Morgan fingerprint density at radius 1 is 1.00 bits per heavy atom. The lowest BCUT2D eigenvalue weighted by Gasteiger charge is -2.33. The van der Waals surface area contributed by atoms with E-state index in [-0.39, 0.29) is 29.3 Å². The first-order valence-electron chi connectivity index (χ1n) is 12.7. The number of benzene rings is 2.